The Morgan fingerprint density at radius 1 is 1.19 bits per heavy atom. The first kappa shape index (κ1) is 17.1. The number of rotatable bonds is 7. The highest BCUT2D eigenvalue weighted by Crippen LogP contribution is 2.75. The van der Waals surface area contributed by atoms with E-state index in [0.717, 1.165) is 11.7 Å². The number of aryl methyl sites for hydroxylation is 1. The molecule has 2 nitrogen and oxygen atoms in total. The van der Waals surface area contributed by atoms with Gasteiger partial charge in [0.15, 0.2) is 0 Å². The summed E-state index contributed by atoms with van der Waals surface area (Å²) in [6, 6.07) is 20.7. The number of nitrogens with zero attached hydrogens (tertiary/aromatic N) is 1. The lowest BCUT2D eigenvalue weighted by Gasteiger charge is -2.53. The van der Waals surface area contributed by atoms with Crippen LogP contribution in [0.3, 0.4) is 0 Å². The van der Waals surface area contributed by atoms with E-state index in [9.17, 15) is 0 Å². The van der Waals surface area contributed by atoms with Crippen LogP contribution in [0.15, 0.2) is 61.2 Å². The van der Waals surface area contributed by atoms with Gasteiger partial charge in [-0.25, -0.2) is 0 Å². The monoisotopic (exact) mass is 358 g/mol. The Hall–Kier alpha value is -2.06. The summed E-state index contributed by atoms with van der Waals surface area (Å²) in [5.41, 5.74) is 5.76. The van der Waals surface area contributed by atoms with Gasteiger partial charge in [0.25, 0.3) is 0 Å². The van der Waals surface area contributed by atoms with Crippen molar-refractivity contribution < 1.29 is 0 Å². The number of piperidine rings is 1. The molecule has 5 unspecified atom stereocenters. The fraction of sp³-hybridized carbons (Fsp3) is 0.440. The van der Waals surface area contributed by atoms with E-state index >= 15 is 0 Å². The van der Waals surface area contributed by atoms with Gasteiger partial charge in [0.2, 0.25) is 0 Å². The molecule has 2 heteroatoms. The van der Waals surface area contributed by atoms with Gasteiger partial charge < -0.3 is 5.32 Å². The van der Waals surface area contributed by atoms with E-state index in [2.05, 4.69) is 85.2 Å². The van der Waals surface area contributed by atoms with E-state index in [4.69, 9.17) is 0 Å². The molecule has 0 aliphatic carbocycles. The maximum absolute atomic E-state index is 4.43. The molecule has 0 radical (unpaired) electrons. The summed E-state index contributed by atoms with van der Waals surface area (Å²) in [5.74, 6) is 0. The Balaban J connectivity index is 1.47. The molecule has 3 aliphatic rings. The Morgan fingerprint density at radius 2 is 1.93 bits per heavy atom. The quantitative estimate of drug-likeness (QED) is 0.661. The molecule has 3 fully saturated rings. The molecule has 0 amide bonds. The van der Waals surface area contributed by atoms with Crippen LogP contribution < -0.4 is 5.32 Å². The lowest BCUT2D eigenvalue weighted by Crippen LogP contribution is -2.61. The minimum Gasteiger partial charge on any atom is -0.376 e. The van der Waals surface area contributed by atoms with E-state index < -0.39 is 0 Å². The highest BCUT2D eigenvalue weighted by molar-refractivity contribution is 5.65. The molecule has 5 rings (SSSR count). The lowest BCUT2D eigenvalue weighted by molar-refractivity contribution is 0.0141. The topological polar surface area (TPSA) is 15.0 Å². The Kier molecular flexibility index (Phi) is 3.77. The standard InChI is InChI=1S/C25H30N2/c1-4-15-24-17-25(16-14-22(24)27(24)25)23(20-11-6-5-7-12-20)26-19(3)21-13-9-8-10-18(21)2/h5-13,22-23,26H,3-4,14-17H2,1-2H3. The Bertz CT molecular complexity index is 873. The lowest BCUT2D eigenvalue weighted by atomic mass is 9.65. The number of benzene rings is 2. The van der Waals surface area contributed by atoms with Gasteiger partial charge in [0.1, 0.15) is 0 Å². The molecule has 3 saturated heterocycles. The fourth-order valence-corrected chi connectivity index (χ4v) is 6.44. The van der Waals surface area contributed by atoms with Gasteiger partial charge in [0, 0.05) is 22.8 Å². The molecular formula is C25H30N2. The molecule has 5 atom stereocenters. The van der Waals surface area contributed by atoms with Crippen LogP contribution in [-0.4, -0.2) is 22.0 Å². The van der Waals surface area contributed by atoms with Crippen molar-refractivity contribution in [3.63, 3.8) is 0 Å². The van der Waals surface area contributed by atoms with Crippen molar-refractivity contribution in [2.24, 2.45) is 0 Å². The number of nitrogens with one attached hydrogen (secondary N) is 1. The van der Waals surface area contributed by atoms with Gasteiger partial charge in [-0.1, -0.05) is 74.5 Å². The molecule has 0 spiro atoms. The average Bonchev–Trinajstić information content (AvgIpc) is 3.04. The maximum atomic E-state index is 4.43. The van der Waals surface area contributed by atoms with Gasteiger partial charge in [-0.05, 0) is 49.3 Å². The fourth-order valence-electron chi connectivity index (χ4n) is 6.44. The molecule has 3 aliphatic heterocycles. The minimum absolute atomic E-state index is 0.271. The van der Waals surface area contributed by atoms with Crippen LogP contribution in [0.5, 0.6) is 0 Å². The summed E-state index contributed by atoms with van der Waals surface area (Å²) in [6.07, 6.45) is 6.66. The minimum atomic E-state index is 0.271. The Morgan fingerprint density at radius 3 is 2.63 bits per heavy atom. The summed E-state index contributed by atoms with van der Waals surface area (Å²) < 4.78 is 0. The third-order valence-corrected chi connectivity index (χ3v) is 7.43. The van der Waals surface area contributed by atoms with Gasteiger partial charge in [0.05, 0.1) is 6.04 Å². The zero-order valence-corrected chi connectivity index (χ0v) is 16.5. The Labute approximate surface area is 163 Å². The van der Waals surface area contributed by atoms with E-state index in [0.29, 0.717) is 11.6 Å². The van der Waals surface area contributed by atoms with Gasteiger partial charge >= 0.3 is 0 Å². The molecule has 2 aromatic rings. The van der Waals surface area contributed by atoms with Crippen LogP contribution in [0.4, 0.5) is 0 Å². The molecule has 27 heavy (non-hydrogen) atoms. The second kappa shape index (κ2) is 5.97. The van der Waals surface area contributed by atoms with Crippen molar-refractivity contribution in [1.29, 1.82) is 0 Å². The highest BCUT2D eigenvalue weighted by Gasteiger charge is 2.83. The average molecular weight is 359 g/mol. The number of hydrogen-bond acceptors (Lipinski definition) is 2. The van der Waals surface area contributed by atoms with Crippen LogP contribution in [0.2, 0.25) is 0 Å². The maximum Gasteiger partial charge on any atom is 0.0698 e. The van der Waals surface area contributed by atoms with Crippen LogP contribution in [0.1, 0.15) is 61.8 Å². The second-order valence-electron chi connectivity index (χ2n) is 8.84. The van der Waals surface area contributed by atoms with Gasteiger partial charge in [-0.3, -0.25) is 4.90 Å². The predicted molar refractivity (Wildman–Crippen MR) is 112 cm³/mol. The zero-order chi connectivity index (χ0) is 18.6. The normalized spacial score (nSPS) is 33.7. The molecule has 1 N–H and O–H groups in total. The summed E-state index contributed by atoms with van der Waals surface area (Å²) in [5, 5.41) is 3.89. The molecule has 0 bridgehead atoms. The first-order valence-electron chi connectivity index (χ1n) is 10.5. The van der Waals surface area contributed by atoms with Crippen LogP contribution in [0, 0.1) is 6.92 Å². The van der Waals surface area contributed by atoms with E-state index in [1.54, 1.807) is 0 Å². The van der Waals surface area contributed by atoms with Crippen LogP contribution in [0.25, 0.3) is 5.70 Å². The van der Waals surface area contributed by atoms with Gasteiger partial charge in [-0.15, -0.1) is 0 Å². The van der Waals surface area contributed by atoms with E-state index in [1.165, 1.54) is 48.8 Å². The third-order valence-electron chi connectivity index (χ3n) is 7.43. The highest BCUT2D eigenvalue weighted by atomic mass is 15.5. The molecule has 0 saturated carbocycles. The molecule has 140 valence electrons. The van der Waals surface area contributed by atoms with Crippen molar-refractivity contribution in [1.82, 2.24) is 10.2 Å². The van der Waals surface area contributed by atoms with Crippen molar-refractivity contribution in [3.8, 4) is 0 Å². The first-order chi connectivity index (χ1) is 13.1. The molecule has 2 aromatic carbocycles. The van der Waals surface area contributed by atoms with Crippen molar-refractivity contribution in [2.75, 3.05) is 0 Å². The first-order valence-corrected chi connectivity index (χ1v) is 10.5. The van der Waals surface area contributed by atoms with Crippen LogP contribution >= 0.6 is 0 Å². The summed E-state index contributed by atoms with van der Waals surface area (Å²) in [4.78, 5) is 2.86. The predicted octanol–water partition coefficient (Wildman–Crippen LogP) is 5.46. The SMILES string of the molecule is C=C(NC(c1ccccc1)C12CCC3N1C3(CCC)C2)c1ccccc1C. The van der Waals surface area contributed by atoms with Crippen molar-refractivity contribution >= 4 is 5.70 Å². The largest absolute Gasteiger partial charge is 0.376 e. The number of hydrogen-bond donors (Lipinski definition) is 1. The smallest absolute Gasteiger partial charge is 0.0698 e. The zero-order valence-electron chi connectivity index (χ0n) is 16.5. The van der Waals surface area contributed by atoms with Gasteiger partial charge in [-0.2, -0.15) is 0 Å². The third kappa shape index (κ3) is 2.29. The van der Waals surface area contributed by atoms with E-state index in [1.807, 2.05) is 0 Å². The molecular weight excluding hydrogens is 328 g/mol. The molecule has 0 aromatic heterocycles. The summed E-state index contributed by atoms with van der Waals surface area (Å²) in [6.45, 7) is 8.93. The number of fused-ring (bicyclic) bond motifs is 1. The van der Waals surface area contributed by atoms with Crippen LogP contribution in [-0.2, 0) is 0 Å². The molecule has 3 heterocycles. The second-order valence-corrected chi connectivity index (χ2v) is 8.84. The van der Waals surface area contributed by atoms with Crippen molar-refractivity contribution in [3.05, 3.63) is 77.9 Å². The van der Waals surface area contributed by atoms with E-state index in [-0.39, 0.29) is 5.54 Å². The summed E-state index contributed by atoms with van der Waals surface area (Å²) in [7, 11) is 0. The van der Waals surface area contributed by atoms with Crippen molar-refractivity contribution in [2.45, 2.75) is 69.1 Å². The summed E-state index contributed by atoms with van der Waals surface area (Å²) >= 11 is 0.